The third kappa shape index (κ3) is 2.01. The van der Waals surface area contributed by atoms with E-state index in [1.54, 1.807) is 6.33 Å². The molecule has 0 bridgehead atoms. The highest BCUT2D eigenvalue weighted by atomic mass is 35.5. The average molecular weight is 252 g/mol. The van der Waals surface area contributed by atoms with Crippen LogP contribution in [0.25, 0.3) is 0 Å². The molecule has 0 saturated carbocycles. The van der Waals surface area contributed by atoms with E-state index < -0.39 is 0 Å². The molecule has 1 aromatic rings. The number of fused-ring (bicyclic) bond motifs is 1. The maximum Gasteiger partial charge on any atom is 0.135 e. The summed E-state index contributed by atoms with van der Waals surface area (Å²) in [7, 11) is 0. The number of nitrogens with zero attached hydrogens (tertiary/aromatic N) is 3. The van der Waals surface area contributed by atoms with E-state index in [9.17, 15) is 0 Å². The molecule has 3 nitrogen and oxygen atoms in total. The summed E-state index contributed by atoms with van der Waals surface area (Å²) in [4.78, 5) is 11.3. The topological polar surface area (TPSA) is 29.0 Å². The molecule has 4 heteroatoms. The van der Waals surface area contributed by atoms with Gasteiger partial charge in [-0.05, 0) is 31.6 Å². The molecule has 2 unspecified atom stereocenters. The number of piperidine rings is 1. The molecular weight excluding hydrogens is 234 g/mol. The maximum absolute atomic E-state index is 6.28. The van der Waals surface area contributed by atoms with Crippen LogP contribution in [-0.2, 0) is 12.8 Å². The summed E-state index contributed by atoms with van der Waals surface area (Å²) in [5, 5.41) is 0.320. The molecule has 1 aliphatic carbocycles. The molecule has 0 amide bonds. The van der Waals surface area contributed by atoms with E-state index in [2.05, 4.69) is 21.8 Å². The van der Waals surface area contributed by atoms with E-state index in [1.807, 2.05) is 0 Å². The van der Waals surface area contributed by atoms with Crippen LogP contribution in [0.4, 0.5) is 5.82 Å². The van der Waals surface area contributed by atoms with E-state index in [4.69, 9.17) is 11.6 Å². The third-order valence-corrected chi connectivity index (χ3v) is 4.60. The van der Waals surface area contributed by atoms with Crippen LogP contribution in [0, 0.1) is 5.92 Å². The molecule has 1 aliphatic heterocycles. The molecule has 0 N–H and O–H groups in total. The lowest BCUT2D eigenvalue weighted by atomic mass is 9.99. The molecule has 0 radical (unpaired) electrons. The van der Waals surface area contributed by atoms with Crippen molar-refractivity contribution < 1.29 is 0 Å². The Morgan fingerprint density at radius 3 is 3.06 bits per heavy atom. The highest BCUT2D eigenvalue weighted by Crippen LogP contribution is 2.31. The van der Waals surface area contributed by atoms with Crippen molar-refractivity contribution in [2.24, 2.45) is 5.92 Å². The van der Waals surface area contributed by atoms with Crippen LogP contribution in [0.2, 0.25) is 0 Å². The monoisotopic (exact) mass is 251 g/mol. The maximum atomic E-state index is 6.28. The second-order valence-corrected chi connectivity index (χ2v) is 5.76. The first-order valence-corrected chi connectivity index (χ1v) is 6.91. The predicted molar refractivity (Wildman–Crippen MR) is 69.7 cm³/mol. The van der Waals surface area contributed by atoms with Gasteiger partial charge in [-0.3, -0.25) is 0 Å². The summed E-state index contributed by atoms with van der Waals surface area (Å²) in [5.74, 6) is 1.71. The molecule has 1 aromatic heterocycles. The number of alkyl halides is 1. The van der Waals surface area contributed by atoms with Crippen LogP contribution in [0.5, 0.6) is 0 Å². The fourth-order valence-electron chi connectivity index (χ4n) is 2.92. The van der Waals surface area contributed by atoms with Gasteiger partial charge in [0, 0.05) is 29.7 Å². The number of rotatable bonds is 1. The molecule has 17 heavy (non-hydrogen) atoms. The van der Waals surface area contributed by atoms with Gasteiger partial charge >= 0.3 is 0 Å². The Labute approximate surface area is 107 Å². The lowest BCUT2D eigenvalue weighted by molar-refractivity contribution is 0.451. The van der Waals surface area contributed by atoms with E-state index in [1.165, 1.54) is 23.5 Å². The Morgan fingerprint density at radius 1 is 1.35 bits per heavy atom. The zero-order valence-electron chi connectivity index (χ0n) is 10.2. The number of anilines is 1. The van der Waals surface area contributed by atoms with E-state index in [-0.39, 0.29) is 0 Å². The summed E-state index contributed by atoms with van der Waals surface area (Å²) in [5.41, 5.74) is 2.64. The van der Waals surface area contributed by atoms with Gasteiger partial charge in [0.15, 0.2) is 0 Å². The van der Waals surface area contributed by atoms with Crippen molar-refractivity contribution in [2.75, 3.05) is 18.0 Å². The SMILES string of the molecule is CC1CN(c2ncnc3c2CCC3)CCC1Cl. The molecule has 2 aliphatic rings. The summed E-state index contributed by atoms with van der Waals surface area (Å²) in [6.45, 7) is 4.28. The van der Waals surface area contributed by atoms with Gasteiger partial charge in [-0.25, -0.2) is 9.97 Å². The molecule has 1 fully saturated rings. The fourth-order valence-corrected chi connectivity index (χ4v) is 3.10. The number of hydrogen-bond donors (Lipinski definition) is 0. The molecular formula is C13H18ClN3. The molecule has 2 heterocycles. The van der Waals surface area contributed by atoms with Gasteiger partial charge in [0.25, 0.3) is 0 Å². The Morgan fingerprint density at radius 2 is 2.24 bits per heavy atom. The van der Waals surface area contributed by atoms with Crippen LogP contribution >= 0.6 is 11.6 Å². The minimum Gasteiger partial charge on any atom is -0.356 e. The zero-order valence-corrected chi connectivity index (χ0v) is 11.0. The molecule has 0 aromatic carbocycles. The van der Waals surface area contributed by atoms with Gasteiger partial charge in [-0.1, -0.05) is 6.92 Å². The Kier molecular flexibility index (Phi) is 2.95. The fraction of sp³-hybridized carbons (Fsp3) is 0.692. The van der Waals surface area contributed by atoms with Crippen molar-refractivity contribution in [3.05, 3.63) is 17.6 Å². The Bertz CT molecular complexity index is 421. The van der Waals surface area contributed by atoms with Gasteiger partial charge in [0.1, 0.15) is 12.1 Å². The Balaban J connectivity index is 1.87. The minimum absolute atomic E-state index is 0.320. The van der Waals surface area contributed by atoms with Crippen molar-refractivity contribution >= 4 is 17.4 Å². The number of hydrogen-bond acceptors (Lipinski definition) is 3. The second kappa shape index (κ2) is 4.45. The molecule has 92 valence electrons. The summed E-state index contributed by atoms with van der Waals surface area (Å²) in [6.07, 6.45) is 6.26. The van der Waals surface area contributed by atoms with Crippen molar-refractivity contribution in [2.45, 2.75) is 38.0 Å². The quantitative estimate of drug-likeness (QED) is 0.718. The highest BCUT2D eigenvalue weighted by Gasteiger charge is 2.28. The molecule has 0 spiro atoms. The van der Waals surface area contributed by atoms with Crippen LogP contribution in [0.15, 0.2) is 6.33 Å². The minimum atomic E-state index is 0.320. The van der Waals surface area contributed by atoms with Gasteiger partial charge in [0.2, 0.25) is 0 Å². The van der Waals surface area contributed by atoms with Crippen LogP contribution in [0.3, 0.4) is 0 Å². The third-order valence-electron chi connectivity index (χ3n) is 3.95. The largest absolute Gasteiger partial charge is 0.356 e. The molecule has 3 rings (SSSR count). The van der Waals surface area contributed by atoms with Gasteiger partial charge in [-0.15, -0.1) is 11.6 Å². The first-order chi connectivity index (χ1) is 8.25. The van der Waals surface area contributed by atoms with E-state index in [0.29, 0.717) is 11.3 Å². The van der Waals surface area contributed by atoms with Gasteiger partial charge in [0.05, 0.1) is 0 Å². The van der Waals surface area contributed by atoms with E-state index in [0.717, 1.165) is 32.4 Å². The van der Waals surface area contributed by atoms with Crippen molar-refractivity contribution in [3.8, 4) is 0 Å². The summed E-state index contributed by atoms with van der Waals surface area (Å²) in [6, 6.07) is 0. The number of aromatic nitrogens is 2. The van der Waals surface area contributed by atoms with Crippen molar-refractivity contribution in [3.63, 3.8) is 0 Å². The summed E-state index contributed by atoms with van der Waals surface area (Å²) >= 11 is 6.28. The lowest BCUT2D eigenvalue weighted by Crippen LogP contribution is -2.40. The van der Waals surface area contributed by atoms with Gasteiger partial charge in [-0.2, -0.15) is 0 Å². The van der Waals surface area contributed by atoms with Gasteiger partial charge < -0.3 is 4.90 Å². The van der Waals surface area contributed by atoms with Crippen LogP contribution in [-0.4, -0.2) is 28.4 Å². The average Bonchev–Trinajstić information content (AvgIpc) is 2.80. The molecule has 1 saturated heterocycles. The first kappa shape index (κ1) is 11.3. The first-order valence-electron chi connectivity index (χ1n) is 6.47. The zero-order chi connectivity index (χ0) is 11.8. The summed E-state index contributed by atoms with van der Waals surface area (Å²) < 4.78 is 0. The van der Waals surface area contributed by atoms with E-state index >= 15 is 0 Å². The lowest BCUT2D eigenvalue weighted by Gasteiger charge is -2.35. The highest BCUT2D eigenvalue weighted by molar-refractivity contribution is 6.20. The van der Waals surface area contributed by atoms with Crippen LogP contribution < -0.4 is 4.90 Å². The smallest absolute Gasteiger partial charge is 0.135 e. The van der Waals surface area contributed by atoms with Crippen molar-refractivity contribution in [1.29, 1.82) is 0 Å². The molecule has 2 atom stereocenters. The predicted octanol–water partition coefficient (Wildman–Crippen LogP) is 2.42. The number of halogens is 1. The standard InChI is InChI=1S/C13H18ClN3/c1-9-7-17(6-5-11(9)14)13-10-3-2-4-12(10)15-8-16-13/h8-9,11H,2-7H2,1H3. The van der Waals surface area contributed by atoms with Crippen LogP contribution in [0.1, 0.15) is 31.0 Å². The van der Waals surface area contributed by atoms with Crippen molar-refractivity contribution in [1.82, 2.24) is 9.97 Å². The normalized spacial score (nSPS) is 28.2. The number of aryl methyl sites for hydroxylation is 1. The Hall–Kier alpha value is -0.830. The second-order valence-electron chi connectivity index (χ2n) is 5.20.